The summed E-state index contributed by atoms with van der Waals surface area (Å²) < 4.78 is 39.3. The van der Waals surface area contributed by atoms with E-state index in [0.717, 1.165) is 6.07 Å². The molecule has 1 unspecified atom stereocenters. The van der Waals surface area contributed by atoms with Crippen molar-refractivity contribution in [2.45, 2.75) is 45.8 Å². The van der Waals surface area contributed by atoms with Crippen LogP contribution in [0.3, 0.4) is 0 Å². The van der Waals surface area contributed by atoms with E-state index in [0.29, 0.717) is 35.9 Å². The van der Waals surface area contributed by atoms with E-state index in [-0.39, 0.29) is 34.9 Å². The number of carbonyl (C=O) groups is 3. The third kappa shape index (κ3) is 7.55. The number of ether oxygens (including phenoxy) is 4. The Morgan fingerprint density at radius 1 is 1.07 bits per heavy atom. The Bertz CT molecular complexity index is 1510. The topological polar surface area (TPSA) is 122 Å². The summed E-state index contributed by atoms with van der Waals surface area (Å²) in [6, 6.07) is 9.92. The minimum absolute atomic E-state index is 0.121. The second-order valence-corrected chi connectivity index (χ2v) is 10.2. The Balaban J connectivity index is 1.40. The normalized spacial score (nSPS) is 15.9. The molecule has 4 rings (SSSR count). The average Bonchev–Trinajstić information content (AvgIpc) is 2.91. The van der Waals surface area contributed by atoms with Crippen molar-refractivity contribution in [2.75, 3.05) is 19.9 Å². The van der Waals surface area contributed by atoms with Gasteiger partial charge in [-0.25, -0.2) is 14.0 Å². The van der Waals surface area contributed by atoms with Gasteiger partial charge in [0.25, 0.3) is 5.91 Å². The average molecular weight is 590 g/mol. The number of amides is 1. The fourth-order valence-corrected chi connectivity index (χ4v) is 4.78. The summed E-state index contributed by atoms with van der Waals surface area (Å²) in [5.74, 6) is -1.74. The Labute approximate surface area is 239 Å². The van der Waals surface area contributed by atoms with Gasteiger partial charge in [0, 0.05) is 41.7 Å². The first-order valence-corrected chi connectivity index (χ1v) is 13.4. The van der Waals surface area contributed by atoms with Crippen molar-refractivity contribution in [3.05, 3.63) is 63.7 Å². The van der Waals surface area contributed by atoms with Crippen LogP contribution in [0.1, 0.15) is 33.6 Å². The van der Waals surface area contributed by atoms with Crippen LogP contribution in [-0.4, -0.2) is 55.0 Å². The molecule has 1 amide bonds. The SMILES string of the molecule is CC(C)OC(=O)OCOC(=O)C1CCCN(C(=O)[C@@H](C)Oc2ccc3c(-c4ccc(F)cc4Cl)cc(=O)oc3c2)C1. The van der Waals surface area contributed by atoms with Crippen molar-refractivity contribution in [2.24, 2.45) is 5.92 Å². The van der Waals surface area contributed by atoms with E-state index in [1.807, 2.05) is 0 Å². The number of fused-ring (bicyclic) bond motifs is 1. The third-order valence-electron chi connectivity index (χ3n) is 6.37. The fraction of sp³-hybridized carbons (Fsp3) is 0.379. The first-order chi connectivity index (χ1) is 19.5. The highest BCUT2D eigenvalue weighted by Gasteiger charge is 2.32. The zero-order valence-electron chi connectivity index (χ0n) is 22.7. The Hall–Kier alpha value is -4.12. The fourth-order valence-electron chi connectivity index (χ4n) is 4.51. The highest BCUT2D eigenvalue weighted by molar-refractivity contribution is 6.33. The van der Waals surface area contributed by atoms with Crippen LogP contribution in [0.15, 0.2) is 51.7 Å². The highest BCUT2D eigenvalue weighted by Crippen LogP contribution is 2.34. The van der Waals surface area contributed by atoms with E-state index in [2.05, 4.69) is 0 Å². The molecule has 12 heteroatoms. The van der Waals surface area contributed by atoms with E-state index in [1.54, 1.807) is 32.9 Å². The molecule has 0 bridgehead atoms. The number of rotatable bonds is 8. The molecule has 1 fully saturated rings. The van der Waals surface area contributed by atoms with Crippen LogP contribution in [0.25, 0.3) is 22.1 Å². The molecule has 1 aliphatic heterocycles. The van der Waals surface area contributed by atoms with Crippen LogP contribution in [0.4, 0.5) is 9.18 Å². The summed E-state index contributed by atoms with van der Waals surface area (Å²) in [6.07, 6.45) is -1.14. The number of benzene rings is 2. The van der Waals surface area contributed by atoms with Crippen molar-refractivity contribution in [1.29, 1.82) is 0 Å². The van der Waals surface area contributed by atoms with Gasteiger partial charge in [-0.2, -0.15) is 0 Å². The molecule has 10 nitrogen and oxygen atoms in total. The summed E-state index contributed by atoms with van der Waals surface area (Å²) in [7, 11) is 0. The maximum Gasteiger partial charge on any atom is 0.511 e. The van der Waals surface area contributed by atoms with Gasteiger partial charge in [-0.1, -0.05) is 11.6 Å². The number of esters is 1. The van der Waals surface area contributed by atoms with E-state index in [1.165, 1.54) is 29.2 Å². The summed E-state index contributed by atoms with van der Waals surface area (Å²) >= 11 is 6.22. The lowest BCUT2D eigenvalue weighted by atomic mass is 9.98. The molecule has 0 aliphatic carbocycles. The Morgan fingerprint density at radius 2 is 1.85 bits per heavy atom. The first kappa shape index (κ1) is 29.9. The minimum Gasteiger partial charge on any atom is -0.481 e. The van der Waals surface area contributed by atoms with Crippen LogP contribution in [-0.2, 0) is 23.8 Å². The lowest BCUT2D eigenvalue weighted by Gasteiger charge is -2.33. The highest BCUT2D eigenvalue weighted by atomic mass is 35.5. The number of nitrogens with zero attached hydrogens (tertiary/aromatic N) is 1. The molecular weight excluding hydrogens is 561 g/mol. The molecule has 41 heavy (non-hydrogen) atoms. The maximum atomic E-state index is 13.5. The van der Waals surface area contributed by atoms with E-state index < -0.39 is 42.4 Å². The lowest BCUT2D eigenvalue weighted by Crippen LogP contribution is -2.47. The molecule has 0 saturated carbocycles. The molecule has 3 aromatic rings. The molecule has 0 N–H and O–H groups in total. The second-order valence-electron chi connectivity index (χ2n) is 9.79. The van der Waals surface area contributed by atoms with Gasteiger partial charge in [0.05, 0.1) is 17.0 Å². The number of piperidine rings is 1. The molecule has 2 aromatic carbocycles. The van der Waals surface area contributed by atoms with Gasteiger partial charge in [-0.05, 0) is 63.9 Å². The molecule has 0 spiro atoms. The zero-order chi connectivity index (χ0) is 29.7. The number of carbonyl (C=O) groups excluding carboxylic acids is 3. The molecule has 1 aromatic heterocycles. The second kappa shape index (κ2) is 13.0. The van der Waals surface area contributed by atoms with Gasteiger partial charge in [0.1, 0.15) is 17.1 Å². The molecule has 1 saturated heterocycles. The Morgan fingerprint density at radius 3 is 2.59 bits per heavy atom. The number of halogens is 2. The number of hydrogen-bond acceptors (Lipinski definition) is 9. The van der Waals surface area contributed by atoms with E-state index >= 15 is 0 Å². The molecule has 1 aliphatic rings. The van der Waals surface area contributed by atoms with Crippen molar-refractivity contribution in [1.82, 2.24) is 4.90 Å². The largest absolute Gasteiger partial charge is 0.511 e. The predicted octanol–water partition coefficient (Wildman–Crippen LogP) is 5.32. The number of hydrogen-bond donors (Lipinski definition) is 0. The number of likely N-dealkylation sites (tertiary alicyclic amines) is 1. The van der Waals surface area contributed by atoms with Crippen LogP contribution in [0.5, 0.6) is 5.75 Å². The minimum atomic E-state index is -0.942. The van der Waals surface area contributed by atoms with Crippen molar-refractivity contribution in [3.63, 3.8) is 0 Å². The van der Waals surface area contributed by atoms with Crippen molar-refractivity contribution < 1.29 is 42.1 Å². The summed E-state index contributed by atoms with van der Waals surface area (Å²) in [5, 5.41) is 0.685. The van der Waals surface area contributed by atoms with Crippen molar-refractivity contribution >= 4 is 40.6 Å². The van der Waals surface area contributed by atoms with Gasteiger partial charge in [0.2, 0.25) is 6.79 Å². The molecular formula is C29H29ClFNO9. The maximum absolute atomic E-state index is 13.5. The molecule has 2 atom stereocenters. The zero-order valence-corrected chi connectivity index (χ0v) is 23.4. The van der Waals surface area contributed by atoms with Gasteiger partial charge in [-0.3, -0.25) is 9.59 Å². The third-order valence-corrected chi connectivity index (χ3v) is 6.69. The van der Waals surface area contributed by atoms with Gasteiger partial charge >= 0.3 is 17.8 Å². The lowest BCUT2D eigenvalue weighted by molar-refractivity contribution is -0.161. The monoisotopic (exact) mass is 589 g/mol. The van der Waals surface area contributed by atoms with E-state index in [4.69, 9.17) is 35.0 Å². The quantitative estimate of drug-likeness (QED) is 0.195. The van der Waals surface area contributed by atoms with Crippen molar-refractivity contribution in [3.8, 4) is 16.9 Å². The van der Waals surface area contributed by atoms with Crippen LogP contribution in [0, 0.1) is 11.7 Å². The molecule has 2 heterocycles. The first-order valence-electron chi connectivity index (χ1n) is 13.0. The molecule has 0 radical (unpaired) electrons. The summed E-state index contributed by atoms with van der Waals surface area (Å²) in [4.78, 5) is 50.8. The van der Waals surface area contributed by atoms with Gasteiger partial charge in [0.15, 0.2) is 6.10 Å². The van der Waals surface area contributed by atoms with Crippen LogP contribution >= 0.6 is 11.6 Å². The van der Waals surface area contributed by atoms with Crippen LogP contribution in [0.2, 0.25) is 5.02 Å². The smallest absolute Gasteiger partial charge is 0.481 e. The summed E-state index contributed by atoms with van der Waals surface area (Å²) in [5.41, 5.74) is 0.488. The predicted molar refractivity (Wildman–Crippen MR) is 146 cm³/mol. The van der Waals surface area contributed by atoms with E-state index in [9.17, 15) is 23.6 Å². The standard InChI is InChI=1S/C29H29ClFNO9/c1-16(2)39-29(36)38-15-37-28(35)18-5-4-10-32(14-18)27(34)17(3)40-20-7-9-22-23(13-26(33)41-25(22)12-20)21-8-6-19(31)11-24(21)30/h6-9,11-13,16-18H,4-5,10,14-15H2,1-3H3/t17-,18?/m1/s1. The van der Waals surface area contributed by atoms with Gasteiger partial charge < -0.3 is 28.3 Å². The molecule has 218 valence electrons. The summed E-state index contributed by atoms with van der Waals surface area (Å²) in [6.45, 7) is 4.87. The van der Waals surface area contributed by atoms with Gasteiger partial charge in [-0.15, -0.1) is 0 Å². The Kier molecular flexibility index (Phi) is 9.49. The van der Waals surface area contributed by atoms with Crippen LogP contribution < -0.4 is 10.4 Å².